The van der Waals surface area contributed by atoms with Crippen molar-refractivity contribution in [2.45, 2.75) is 5.03 Å². The van der Waals surface area contributed by atoms with Gasteiger partial charge in [-0.3, -0.25) is 4.31 Å². The maximum atomic E-state index is 13.8. The highest BCUT2D eigenvalue weighted by molar-refractivity contribution is 7.92. The average Bonchev–Trinajstić information content (AvgIpc) is 2.37. The van der Waals surface area contributed by atoms with E-state index in [9.17, 15) is 22.4 Å². The molecule has 0 saturated heterocycles. The summed E-state index contributed by atoms with van der Waals surface area (Å²) in [7, 11) is -3.35. The lowest BCUT2D eigenvalue weighted by molar-refractivity contribution is -0.648. The van der Waals surface area contributed by atoms with Crippen LogP contribution in [0.15, 0.2) is 41.6 Å². The highest BCUT2D eigenvalue weighted by Gasteiger charge is 2.32. The molecule has 1 aromatic carbocycles. The normalized spacial score (nSPS) is 11.4. The van der Waals surface area contributed by atoms with E-state index < -0.39 is 32.4 Å². The third kappa shape index (κ3) is 2.77. The standard InChI is InChI=1S/C12H9ClF2N2O3S/c1-16(12-9(13)3-2-4-10(12)15)21(19,20)11-6-5-8(14)7-17(11)18/h2-7H,1H3. The smallest absolute Gasteiger partial charge is 0.329 e. The Hall–Kier alpha value is -1.93. The molecule has 2 rings (SSSR count). The molecule has 0 unspecified atom stereocenters. The van der Waals surface area contributed by atoms with Crippen LogP contribution < -0.4 is 9.04 Å². The first kappa shape index (κ1) is 15.5. The average molecular weight is 335 g/mol. The minimum atomic E-state index is -4.39. The van der Waals surface area contributed by atoms with Gasteiger partial charge in [-0.1, -0.05) is 17.7 Å². The Morgan fingerprint density at radius 1 is 1.24 bits per heavy atom. The molecule has 0 amide bonds. The zero-order valence-corrected chi connectivity index (χ0v) is 12.2. The maximum Gasteiger partial charge on any atom is 0.329 e. The summed E-state index contributed by atoms with van der Waals surface area (Å²) in [5.74, 6) is -1.76. The van der Waals surface area contributed by atoms with Crippen molar-refractivity contribution in [1.29, 1.82) is 0 Å². The van der Waals surface area contributed by atoms with E-state index in [1.54, 1.807) is 0 Å². The molecule has 0 spiro atoms. The Kier molecular flexibility index (Phi) is 4.02. The fraction of sp³-hybridized carbons (Fsp3) is 0.0833. The van der Waals surface area contributed by atoms with Crippen molar-refractivity contribution in [3.8, 4) is 0 Å². The van der Waals surface area contributed by atoms with Crippen LogP contribution >= 0.6 is 11.6 Å². The molecule has 0 atom stereocenters. The van der Waals surface area contributed by atoms with E-state index in [0.717, 1.165) is 25.2 Å². The van der Waals surface area contributed by atoms with Gasteiger partial charge in [-0.15, -0.1) is 0 Å². The van der Waals surface area contributed by atoms with Crippen LogP contribution in [-0.4, -0.2) is 15.5 Å². The molecular formula is C12H9ClF2N2O3S. The van der Waals surface area contributed by atoms with Gasteiger partial charge >= 0.3 is 15.0 Å². The van der Waals surface area contributed by atoms with E-state index in [4.69, 9.17) is 11.6 Å². The number of anilines is 1. The fourth-order valence-corrected chi connectivity index (χ4v) is 3.26. The molecule has 9 heteroatoms. The molecule has 0 aliphatic rings. The molecule has 1 heterocycles. The summed E-state index contributed by atoms with van der Waals surface area (Å²) in [5.41, 5.74) is -0.400. The molecule has 2 aromatic rings. The Morgan fingerprint density at radius 2 is 1.90 bits per heavy atom. The van der Waals surface area contributed by atoms with Gasteiger partial charge in [0, 0.05) is 13.1 Å². The zero-order valence-electron chi connectivity index (χ0n) is 10.6. The van der Waals surface area contributed by atoms with E-state index in [2.05, 4.69) is 0 Å². The summed E-state index contributed by atoms with van der Waals surface area (Å²) < 4.78 is 51.7. The second kappa shape index (κ2) is 5.45. The Labute approximate surface area is 124 Å². The van der Waals surface area contributed by atoms with Crippen molar-refractivity contribution >= 4 is 27.3 Å². The van der Waals surface area contributed by atoms with E-state index in [1.807, 2.05) is 0 Å². The summed E-state index contributed by atoms with van der Waals surface area (Å²) in [6.45, 7) is 0. The van der Waals surface area contributed by atoms with E-state index >= 15 is 0 Å². The molecule has 0 fully saturated rings. The van der Waals surface area contributed by atoms with Crippen LogP contribution in [0, 0.1) is 16.8 Å². The SMILES string of the molecule is CN(c1c(F)cccc1Cl)S(=O)(=O)c1ccc(F)c[n+]1[O-]. The topological polar surface area (TPSA) is 64.3 Å². The molecule has 112 valence electrons. The number of aromatic nitrogens is 1. The maximum absolute atomic E-state index is 13.8. The van der Waals surface area contributed by atoms with E-state index in [-0.39, 0.29) is 9.75 Å². The number of sulfonamides is 1. The van der Waals surface area contributed by atoms with Gasteiger partial charge in [0.15, 0.2) is 5.82 Å². The Balaban J connectivity index is 2.58. The number of pyridine rings is 1. The number of rotatable bonds is 3. The number of hydrogen-bond acceptors (Lipinski definition) is 3. The van der Waals surface area contributed by atoms with Crippen molar-refractivity contribution in [1.82, 2.24) is 0 Å². The number of halogens is 3. The fourth-order valence-electron chi connectivity index (χ4n) is 1.69. The van der Waals surface area contributed by atoms with Crippen LogP contribution in [0.5, 0.6) is 0 Å². The molecule has 0 aliphatic heterocycles. The molecule has 0 N–H and O–H groups in total. The van der Waals surface area contributed by atoms with Gasteiger partial charge < -0.3 is 5.21 Å². The van der Waals surface area contributed by atoms with Crippen LogP contribution in [0.3, 0.4) is 0 Å². The van der Waals surface area contributed by atoms with Crippen molar-refractivity contribution in [2.24, 2.45) is 0 Å². The van der Waals surface area contributed by atoms with Crippen LogP contribution in [0.1, 0.15) is 0 Å². The highest BCUT2D eigenvalue weighted by atomic mass is 35.5. The first-order valence-corrected chi connectivity index (χ1v) is 7.38. The summed E-state index contributed by atoms with van der Waals surface area (Å²) in [6, 6.07) is 5.26. The van der Waals surface area contributed by atoms with Crippen molar-refractivity contribution in [2.75, 3.05) is 11.4 Å². The minimum Gasteiger partial charge on any atom is -0.618 e. The lowest BCUT2D eigenvalue weighted by Gasteiger charge is -2.19. The predicted octanol–water partition coefficient (Wildman–Crippen LogP) is 2.08. The molecule has 1 aromatic heterocycles. The lowest BCUT2D eigenvalue weighted by atomic mass is 10.3. The minimum absolute atomic E-state index is 0.138. The lowest BCUT2D eigenvalue weighted by Crippen LogP contribution is -2.40. The first-order valence-electron chi connectivity index (χ1n) is 5.57. The van der Waals surface area contributed by atoms with Crippen LogP contribution in [0.4, 0.5) is 14.5 Å². The van der Waals surface area contributed by atoms with Crippen LogP contribution in [-0.2, 0) is 10.0 Å². The number of nitrogens with zero attached hydrogens (tertiary/aromatic N) is 2. The van der Waals surface area contributed by atoms with Crippen LogP contribution in [0.25, 0.3) is 0 Å². The van der Waals surface area contributed by atoms with Crippen molar-refractivity contribution in [3.63, 3.8) is 0 Å². The molecular weight excluding hydrogens is 326 g/mol. The van der Waals surface area contributed by atoms with Gasteiger partial charge in [-0.2, -0.15) is 13.1 Å². The predicted molar refractivity (Wildman–Crippen MR) is 72.4 cm³/mol. The Bertz CT molecular complexity index is 779. The number of hydrogen-bond donors (Lipinski definition) is 0. The molecule has 0 aliphatic carbocycles. The third-order valence-corrected chi connectivity index (χ3v) is 4.77. The molecule has 21 heavy (non-hydrogen) atoms. The van der Waals surface area contributed by atoms with Crippen molar-refractivity contribution in [3.05, 3.63) is 58.4 Å². The van der Waals surface area contributed by atoms with Gasteiger partial charge in [0.2, 0.25) is 6.20 Å². The van der Waals surface area contributed by atoms with Crippen LogP contribution in [0.2, 0.25) is 5.02 Å². The van der Waals surface area contributed by atoms with E-state index in [0.29, 0.717) is 10.5 Å². The quantitative estimate of drug-likeness (QED) is 0.637. The van der Waals surface area contributed by atoms with Gasteiger partial charge in [0.25, 0.3) is 0 Å². The summed E-state index contributed by atoms with van der Waals surface area (Å²) in [5, 5.41) is 10.7. The summed E-state index contributed by atoms with van der Waals surface area (Å²) in [6.07, 6.45) is 0.462. The largest absolute Gasteiger partial charge is 0.618 e. The van der Waals surface area contributed by atoms with Gasteiger partial charge in [0.05, 0.1) is 5.02 Å². The molecule has 0 bridgehead atoms. The second-order valence-corrected chi connectivity index (χ2v) is 6.38. The first-order chi connectivity index (χ1) is 9.75. The number of para-hydroxylation sites is 1. The van der Waals surface area contributed by atoms with E-state index in [1.165, 1.54) is 12.1 Å². The van der Waals surface area contributed by atoms with Gasteiger partial charge in [0.1, 0.15) is 11.5 Å². The van der Waals surface area contributed by atoms with Gasteiger partial charge in [-0.25, -0.2) is 8.78 Å². The number of benzene rings is 1. The summed E-state index contributed by atoms with van der Waals surface area (Å²) in [4.78, 5) is 0. The summed E-state index contributed by atoms with van der Waals surface area (Å²) >= 11 is 5.79. The van der Waals surface area contributed by atoms with Gasteiger partial charge in [-0.05, 0) is 18.2 Å². The second-order valence-electron chi connectivity index (χ2n) is 4.05. The Morgan fingerprint density at radius 3 is 2.48 bits per heavy atom. The molecule has 0 radical (unpaired) electrons. The highest BCUT2D eigenvalue weighted by Crippen LogP contribution is 2.31. The monoisotopic (exact) mass is 334 g/mol. The molecule has 5 nitrogen and oxygen atoms in total. The zero-order chi connectivity index (χ0) is 15.8. The molecule has 0 saturated carbocycles. The third-order valence-electron chi connectivity index (χ3n) is 2.72. The van der Waals surface area contributed by atoms with Crippen molar-refractivity contribution < 1.29 is 21.9 Å².